The van der Waals surface area contributed by atoms with Gasteiger partial charge in [0.25, 0.3) is 0 Å². The van der Waals surface area contributed by atoms with Crippen molar-refractivity contribution in [1.82, 2.24) is 19.9 Å². The predicted octanol–water partition coefficient (Wildman–Crippen LogP) is 4.60. The Morgan fingerprint density at radius 3 is 2.25 bits per heavy atom. The molecule has 3 heterocycles. The van der Waals surface area contributed by atoms with Gasteiger partial charge in [0.15, 0.2) is 11.6 Å². The van der Waals surface area contributed by atoms with Crippen LogP contribution >= 0.6 is 11.6 Å². The van der Waals surface area contributed by atoms with Gasteiger partial charge in [0, 0.05) is 37.9 Å². The van der Waals surface area contributed by atoms with Gasteiger partial charge in [-0.1, -0.05) is 11.6 Å². The summed E-state index contributed by atoms with van der Waals surface area (Å²) < 4.78 is 14.5. The van der Waals surface area contributed by atoms with Crippen molar-refractivity contribution in [2.45, 2.75) is 31.1 Å². The highest BCUT2D eigenvalue weighted by molar-refractivity contribution is 6.33. The highest BCUT2D eigenvalue weighted by atomic mass is 35.5. The Kier molecular flexibility index (Phi) is 4.43. The molecule has 5 rings (SSSR count). The summed E-state index contributed by atoms with van der Waals surface area (Å²) in [6, 6.07) is 5.41. The molecular weight excluding hydrogens is 377 g/mol. The highest BCUT2D eigenvalue weighted by Gasteiger charge is 2.41. The Hall–Kier alpha value is -2.60. The molecule has 5 nitrogen and oxygen atoms in total. The summed E-state index contributed by atoms with van der Waals surface area (Å²) in [6.45, 7) is 1.88. The number of nitrogens with zero attached hydrogens (tertiary/aromatic N) is 5. The van der Waals surface area contributed by atoms with Gasteiger partial charge < -0.3 is 4.90 Å². The molecule has 2 aliphatic rings. The summed E-state index contributed by atoms with van der Waals surface area (Å²) in [7, 11) is 0. The third-order valence-electron chi connectivity index (χ3n) is 5.56. The van der Waals surface area contributed by atoms with Crippen molar-refractivity contribution in [2.24, 2.45) is 0 Å². The second kappa shape index (κ2) is 7.09. The van der Waals surface area contributed by atoms with Crippen LogP contribution in [0.25, 0.3) is 11.6 Å². The van der Waals surface area contributed by atoms with E-state index in [2.05, 4.69) is 30.9 Å². The standard InChI is InChI=1S/C21H19ClFN5/c22-19-17(23)8-13(9-18(19)28-6-1-2-7-28)15-10-16(15)14-11-26-21(27-12-14)20-24-4-3-5-25-20/h3-5,8-9,11-12,15-16H,1-2,6-7,10H2. The van der Waals surface area contributed by atoms with E-state index < -0.39 is 0 Å². The molecular formula is C21H19ClFN5. The lowest BCUT2D eigenvalue weighted by Crippen LogP contribution is -2.18. The molecule has 0 bridgehead atoms. The van der Waals surface area contributed by atoms with Crippen molar-refractivity contribution in [3.05, 3.63) is 65.0 Å². The van der Waals surface area contributed by atoms with E-state index in [0.29, 0.717) is 17.6 Å². The lowest BCUT2D eigenvalue weighted by Gasteiger charge is -2.20. The molecule has 1 saturated heterocycles. The molecule has 1 aromatic carbocycles. The average Bonchev–Trinajstić information content (AvgIpc) is 3.35. The third kappa shape index (κ3) is 3.22. The van der Waals surface area contributed by atoms with Crippen molar-refractivity contribution in [3.8, 4) is 11.6 Å². The number of rotatable bonds is 4. The first-order valence-corrected chi connectivity index (χ1v) is 9.92. The molecule has 28 heavy (non-hydrogen) atoms. The Morgan fingerprint density at radius 1 is 0.893 bits per heavy atom. The van der Waals surface area contributed by atoms with E-state index in [4.69, 9.17) is 11.6 Å². The van der Waals surface area contributed by atoms with Crippen molar-refractivity contribution in [3.63, 3.8) is 0 Å². The smallest absolute Gasteiger partial charge is 0.197 e. The first kappa shape index (κ1) is 17.5. The Morgan fingerprint density at radius 2 is 1.54 bits per heavy atom. The van der Waals surface area contributed by atoms with Crippen LogP contribution in [-0.4, -0.2) is 33.0 Å². The van der Waals surface area contributed by atoms with Gasteiger partial charge in [-0.05, 0) is 60.4 Å². The quantitative estimate of drug-likeness (QED) is 0.646. The normalized spacial score (nSPS) is 21.1. The zero-order chi connectivity index (χ0) is 19.1. The summed E-state index contributed by atoms with van der Waals surface area (Å²) in [5, 5.41) is 0.235. The summed E-state index contributed by atoms with van der Waals surface area (Å²) in [6.07, 6.45) is 10.2. The zero-order valence-corrected chi connectivity index (χ0v) is 16.0. The molecule has 2 fully saturated rings. The predicted molar refractivity (Wildman–Crippen MR) is 106 cm³/mol. The Bertz CT molecular complexity index is 990. The molecule has 2 unspecified atom stereocenters. The van der Waals surface area contributed by atoms with Gasteiger partial charge >= 0.3 is 0 Å². The maximum absolute atomic E-state index is 14.5. The van der Waals surface area contributed by atoms with Crippen molar-refractivity contribution >= 4 is 17.3 Å². The minimum Gasteiger partial charge on any atom is -0.370 e. The van der Waals surface area contributed by atoms with Crippen LogP contribution < -0.4 is 4.90 Å². The molecule has 0 radical (unpaired) electrons. The lowest BCUT2D eigenvalue weighted by molar-refractivity contribution is 0.625. The topological polar surface area (TPSA) is 54.8 Å². The highest BCUT2D eigenvalue weighted by Crippen LogP contribution is 2.55. The zero-order valence-electron chi connectivity index (χ0n) is 15.2. The molecule has 0 amide bonds. The van der Waals surface area contributed by atoms with Gasteiger partial charge in [0.05, 0.1) is 10.7 Å². The van der Waals surface area contributed by atoms with Crippen LogP contribution in [0.5, 0.6) is 0 Å². The van der Waals surface area contributed by atoms with E-state index in [-0.39, 0.29) is 16.8 Å². The van der Waals surface area contributed by atoms with E-state index >= 15 is 0 Å². The Labute approximate surface area is 167 Å². The lowest BCUT2D eigenvalue weighted by atomic mass is 10.1. The fourth-order valence-corrected chi connectivity index (χ4v) is 4.22. The molecule has 1 saturated carbocycles. The number of anilines is 1. The number of hydrogen-bond donors (Lipinski definition) is 0. The van der Waals surface area contributed by atoms with E-state index in [0.717, 1.165) is 49.2 Å². The minimum atomic E-state index is -0.334. The number of benzene rings is 1. The van der Waals surface area contributed by atoms with E-state index in [1.807, 2.05) is 12.4 Å². The summed E-state index contributed by atoms with van der Waals surface area (Å²) in [5.41, 5.74) is 2.89. The first-order chi connectivity index (χ1) is 13.7. The summed E-state index contributed by atoms with van der Waals surface area (Å²) in [5.74, 6) is 1.26. The van der Waals surface area contributed by atoms with E-state index in [9.17, 15) is 4.39 Å². The summed E-state index contributed by atoms with van der Waals surface area (Å²) >= 11 is 6.25. The van der Waals surface area contributed by atoms with Gasteiger partial charge in [0.2, 0.25) is 0 Å². The molecule has 7 heteroatoms. The summed E-state index contributed by atoms with van der Waals surface area (Å²) in [4.78, 5) is 19.4. The second-order valence-corrected chi connectivity index (χ2v) is 7.77. The van der Waals surface area contributed by atoms with Crippen LogP contribution in [0.3, 0.4) is 0 Å². The van der Waals surface area contributed by atoms with E-state index in [1.165, 1.54) is 0 Å². The fraction of sp³-hybridized carbons (Fsp3) is 0.333. The van der Waals surface area contributed by atoms with Crippen LogP contribution in [0.15, 0.2) is 43.0 Å². The molecule has 1 aliphatic carbocycles. The third-order valence-corrected chi connectivity index (χ3v) is 5.94. The average molecular weight is 396 g/mol. The first-order valence-electron chi connectivity index (χ1n) is 9.54. The van der Waals surface area contributed by atoms with Gasteiger partial charge in [0.1, 0.15) is 5.82 Å². The van der Waals surface area contributed by atoms with Crippen LogP contribution in [0.4, 0.5) is 10.1 Å². The largest absolute Gasteiger partial charge is 0.370 e. The molecule has 2 atom stereocenters. The van der Waals surface area contributed by atoms with Crippen LogP contribution in [0.1, 0.15) is 42.2 Å². The van der Waals surface area contributed by atoms with Crippen LogP contribution in [0, 0.1) is 5.82 Å². The van der Waals surface area contributed by atoms with Crippen LogP contribution in [0.2, 0.25) is 5.02 Å². The van der Waals surface area contributed by atoms with Crippen molar-refractivity contribution in [2.75, 3.05) is 18.0 Å². The number of halogens is 2. The number of aromatic nitrogens is 4. The van der Waals surface area contributed by atoms with Crippen molar-refractivity contribution in [1.29, 1.82) is 0 Å². The molecule has 2 aromatic heterocycles. The van der Waals surface area contributed by atoms with Crippen LogP contribution in [-0.2, 0) is 0 Å². The minimum absolute atomic E-state index is 0.235. The second-order valence-electron chi connectivity index (χ2n) is 7.39. The Balaban J connectivity index is 1.37. The maximum atomic E-state index is 14.5. The molecule has 3 aromatic rings. The van der Waals surface area contributed by atoms with Gasteiger partial charge in [-0.2, -0.15) is 0 Å². The fourth-order valence-electron chi connectivity index (χ4n) is 3.99. The van der Waals surface area contributed by atoms with Gasteiger partial charge in [-0.15, -0.1) is 0 Å². The molecule has 0 spiro atoms. The molecule has 0 N–H and O–H groups in total. The monoisotopic (exact) mass is 395 g/mol. The van der Waals surface area contributed by atoms with E-state index in [1.54, 1.807) is 24.5 Å². The maximum Gasteiger partial charge on any atom is 0.197 e. The van der Waals surface area contributed by atoms with Gasteiger partial charge in [-0.3, -0.25) is 0 Å². The molecule has 142 valence electrons. The SMILES string of the molecule is Fc1cc(C2CC2c2cnc(-c3ncccn3)nc2)cc(N2CCCC2)c1Cl. The van der Waals surface area contributed by atoms with Gasteiger partial charge in [-0.25, -0.2) is 24.3 Å². The molecule has 1 aliphatic heterocycles. The van der Waals surface area contributed by atoms with Crippen molar-refractivity contribution < 1.29 is 4.39 Å². The number of hydrogen-bond acceptors (Lipinski definition) is 5.